The maximum atomic E-state index is 13.0. The van der Waals surface area contributed by atoms with Crippen LogP contribution >= 0.6 is 0 Å². The molecule has 4 nitrogen and oxygen atoms in total. The monoisotopic (exact) mass is 411 g/mol. The molecule has 1 atom stereocenters. The van der Waals surface area contributed by atoms with E-state index < -0.39 is 0 Å². The Kier molecular flexibility index (Phi) is 7.10. The van der Waals surface area contributed by atoms with Gasteiger partial charge >= 0.3 is 0 Å². The Hall–Kier alpha value is -3.58. The summed E-state index contributed by atoms with van der Waals surface area (Å²) >= 11 is 0. The summed E-state index contributed by atoms with van der Waals surface area (Å²) in [5.41, 5.74) is 5.61. The van der Waals surface area contributed by atoms with E-state index in [2.05, 4.69) is 62.4 Å². The van der Waals surface area contributed by atoms with Gasteiger partial charge in [-0.1, -0.05) is 92.7 Å². The molecular weight excluding hydrogens is 382 g/mol. The van der Waals surface area contributed by atoms with Crippen molar-refractivity contribution in [2.75, 3.05) is 14.1 Å². The molecule has 0 saturated carbocycles. The molecule has 3 rings (SSSR count). The first-order chi connectivity index (χ1) is 14.9. The highest BCUT2D eigenvalue weighted by Crippen LogP contribution is 2.30. The Labute approximate surface area is 185 Å². The summed E-state index contributed by atoms with van der Waals surface area (Å²) in [6, 6.07) is 27.1. The first-order valence-corrected chi connectivity index (χ1v) is 10.6. The number of benzene rings is 3. The molecule has 0 bridgehead atoms. The van der Waals surface area contributed by atoms with E-state index in [1.165, 1.54) is 21.1 Å². The van der Waals surface area contributed by atoms with Crippen molar-refractivity contribution < 1.29 is 4.79 Å². The van der Waals surface area contributed by atoms with Gasteiger partial charge in [-0.15, -0.1) is 0 Å². The molecule has 3 aromatic rings. The van der Waals surface area contributed by atoms with Crippen LogP contribution in [0, 0.1) is 17.4 Å². The van der Waals surface area contributed by atoms with Crippen LogP contribution < -0.4 is 0 Å². The molecule has 0 heterocycles. The molecule has 0 aliphatic carbocycles. The summed E-state index contributed by atoms with van der Waals surface area (Å²) < 4.78 is 0. The van der Waals surface area contributed by atoms with Crippen LogP contribution in [0.5, 0.6) is 0 Å². The number of hydrazine groups is 1. The summed E-state index contributed by atoms with van der Waals surface area (Å²) in [7, 11) is 3.23. The molecule has 0 saturated heterocycles. The molecule has 0 aliphatic heterocycles. The highest BCUT2D eigenvalue weighted by atomic mass is 16.2. The third kappa shape index (κ3) is 5.32. The van der Waals surface area contributed by atoms with Crippen LogP contribution in [0.1, 0.15) is 31.7 Å². The van der Waals surface area contributed by atoms with Gasteiger partial charge in [0.1, 0.15) is 0 Å². The second-order valence-corrected chi connectivity index (χ2v) is 8.23. The SMILES string of the molecule is CC(C)CC(C(=O)N(C)N(C)C#N)c1ccc(-c2ccc(-c3ccccc3)cc2)cc1. The lowest BCUT2D eigenvalue weighted by Gasteiger charge is -2.28. The van der Waals surface area contributed by atoms with E-state index in [0.29, 0.717) is 5.92 Å². The van der Waals surface area contributed by atoms with Gasteiger partial charge in [0.25, 0.3) is 0 Å². The standard InChI is InChI=1S/C27H29N3O/c1-20(2)18-26(27(31)30(4)29(3)19-28)25-16-14-24(15-17-25)23-12-10-22(11-13-23)21-8-6-5-7-9-21/h5-17,20,26H,18H2,1-4H3. The zero-order chi connectivity index (χ0) is 22.4. The fourth-order valence-corrected chi connectivity index (χ4v) is 3.68. The lowest BCUT2D eigenvalue weighted by molar-refractivity contribution is -0.141. The smallest absolute Gasteiger partial charge is 0.248 e. The van der Waals surface area contributed by atoms with Gasteiger partial charge in [0.05, 0.1) is 5.92 Å². The van der Waals surface area contributed by atoms with Crippen molar-refractivity contribution in [1.82, 2.24) is 10.0 Å². The zero-order valence-corrected chi connectivity index (χ0v) is 18.6. The molecule has 0 N–H and O–H groups in total. The number of nitrogens with zero attached hydrogens (tertiary/aromatic N) is 3. The second kappa shape index (κ2) is 9.95. The number of amides is 1. The van der Waals surface area contributed by atoms with Crippen LogP contribution in [-0.4, -0.2) is 30.0 Å². The maximum absolute atomic E-state index is 13.0. The fraction of sp³-hybridized carbons (Fsp3) is 0.259. The number of rotatable bonds is 7. The number of nitriles is 1. The topological polar surface area (TPSA) is 47.3 Å². The molecule has 1 unspecified atom stereocenters. The predicted octanol–water partition coefficient (Wildman–Crippen LogP) is 5.94. The number of carbonyl (C=O) groups excluding carboxylic acids is 1. The quantitative estimate of drug-likeness (QED) is 0.275. The van der Waals surface area contributed by atoms with E-state index in [-0.39, 0.29) is 11.8 Å². The van der Waals surface area contributed by atoms with Crippen molar-refractivity contribution in [1.29, 1.82) is 5.26 Å². The van der Waals surface area contributed by atoms with E-state index in [9.17, 15) is 4.79 Å². The average molecular weight is 412 g/mol. The zero-order valence-electron chi connectivity index (χ0n) is 18.6. The minimum Gasteiger partial charge on any atom is -0.272 e. The Morgan fingerprint density at radius 1 is 0.806 bits per heavy atom. The van der Waals surface area contributed by atoms with Gasteiger partial charge < -0.3 is 0 Å². The van der Waals surface area contributed by atoms with Crippen LogP contribution in [0.15, 0.2) is 78.9 Å². The van der Waals surface area contributed by atoms with Crippen molar-refractivity contribution in [2.45, 2.75) is 26.2 Å². The van der Waals surface area contributed by atoms with Crippen molar-refractivity contribution in [3.8, 4) is 28.4 Å². The van der Waals surface area contributed by atoms with Gasteiger partial charge in [0.15, 0.2) is 6.19 Å². The molecule has 0 aromatic heterocycles. The lowest BCUT2D eigenvalue weighted by atomic mass is 9.88. The predicted molar refractivity (Wildman–Crippen MR) is 126 cm³/mol. The first kappa shape index (κ1) is 22.1. The van der Waals surface area contributed by atoms with E-state index in [1.807, 2.05) is 36.5 Å². The minimum atomic E-state index is -0.282. The van der Waals surface area contributed by atoms with Crippen molar-refractivity contribution in [2.24, 2.45) is 5.92 Å². The molecule has 4 heteroatoms. The minimum absolute atomic E-state index is 0.0716. The molecule has 158 valence electrons. The van der Waals surface area contributed by atoms with Gasteiger partial charge in [0.2, 0.25) is 5.91 Å². The molecule has 0 aliphatic rings. The van der Waals surface area contributed by atoms with Crippen LogP contribution in [0.3, 0.4) is 0 Å². The van der Waals surface area contributed by atoms with E-state index in [0.717, 1.165) is 23.1 Å². The van der Waals surface area contributed by atoms with Gasteiger partial charge in [-0.05, 0) is 40.2 Å². The first-order valence-electron chi connectivity index (χ1n) is 10.6. The normalized spacial score (nSPS) is 11.6. The molecular formula is C27H29N3O. The largest absolute Gasteiger partial charge is 0.272 e. The van der Waals surface area contributed by atoms with Crippen LogP contribution in [0.25, 0.3) is 22.3 Å². The Balaban J connectivity index is 1.83. The fourth-order valence-electron chi connectivity index (χ4n) is 3.68. The third-order valence-corrected chi connectivity index (χ3v) is 5.56. The van der Waals surface area contributed by atoms with Crippen molar-refractivity contribution >= 4 is 5.91 Å². The van der Waals surface area contributed by atoms with Gasteiger partial charge in [0, 0.05) is 14.1 Å². The summed E-state index contributed by atoms with van der Waals surface area (Å²) in [6.07, 6.45) is 2.72. The summed E-state index contributed by atoms with van der Waals surface area (Å²) in [5, 5.41) is 11.8. The van der Waals surface area contributed by atoms with Crippen molar-refractivity contribution in [3.63, 3.8) is 0 Å². The van der Waals surface area contributed by atoms with E-state index in [1.54, 1.807) is 14.1 Å². The van der Waals surface area contributed by atoms with E-state index >= 15 is 0 Å². The molecule has 3 aromatic carbocycles. The lowest BCUT2D eigenvalue weighted by Crippen LogP contribution is -2.41. The van der Waals surface area contributed by atoms with Gasteiger partial charge in [-0.25, -0.2) is 10.0 Å². The number of likely N-dealkylation sites (N-methyl/N-ethyl adjacent to an activating group) is 1. The van der Waals surface area contributed by atoms with Crippen LogP contribution in [-0.2, 0) is 4.79 Å². The third-order valence-electron chi connectivity index (χ3n) is 5.56. The number of hydrogen-bond donors (Lipinski definition) is 0. The summed E-state index contributed by atoms with van der Waals surface area (Å²) in [5.74, 6) is 0.00738. The average Bonchev–Trinajstić information content (AvgIpc) is 2.82. The Bertz CT molecular complexity index is 1030. The Morgan fingerprint density at radius 3 is 1.71 bits per heavy atom. The van der Waals surface area contributed by atoms with Crippen LogP contribution in [0.2, 0.25) is 0 Å². The summed E-state index contributed by atoms with van der Waals surface area (Å²) in [4.78, 5) is 13.0. The second-order valence-electron chi connectivity index (χ2n) is 8.23. The van der Waals surface area contributed by atoms with Crippen molar-refractivity contribution in [3.05, 3.63) is 84.4 Å². The molecule has 0 spiro atoms. The van der Waals surface area contributed by atoms with Gasteiger partial charge in [-0.3, -0.25) is 4.79 Å². The summed E-state index contributed by atoms with van der Waals surface area (Å²) in [6.45, 7) is 4.22. The number of hydrogen-bond acceptors (Lipinski definition) is 3. The van der Waals surface area contributed by atoms with Gasteiger partial charge in [-0.2, -0.15) is 5.26 Å². The molecule has 0 fully saturated rings. The van der Waals surface area contributed by atoms with E-state index in [4.69, 9.17) is 5.26 Å². The maximum Gasteiger partial charge on any atom is 0.248 e. The Morgan fingerprint density at radius 2 is 1.26 bits per heavy atom. The molecule has 0 radical (unpaired) electrons. The molecule has 31 heavy (non-hydrogen) atoms. The highest BCUT2D eigenvalue weighted by Gasteiger charge is 2.26. The highest BCUT2D eigenvalue weighted by molar-refractivity contribution is 5.83. The number of carbonyl (C=O) groups is 1. The molecule has 1 amide bonds. The van der Waals surface area contributed by atoms with Crippen LogP contribution in [0.4, 0.5) is 0 Å².